The van der Waals surface area contributed by atoms with Crippen molar-refractivity contribution in [2.45, 2.75) is 25.2 Å². The van der Waals surface area contributed by atoms with E-state index in [9.17, 15) is 33.2 Å². The Morgan fingerprint density at radius 1 is 1.30 bits per heavy atom. The number of carbonyl (C=O) groups excluding carboxylic acids is 1. The molecule has 1 unspecified atom stereocenters. The third-order valence-corrected chi connectivity index (χ3v) is 5.30. The molecule has 1 fully saturated rings. The van der Waals surface area contributed by atoms with Crippen molar-refractivity contribution >= 4 is 29.2 Å². The van der Waals surface area contributed by atoms with Crippen molar-refractivity contribution < 1.29 is 32.7 Å². The highest BCUT2D eigenvalue weighted by Gasteiger charge is 2.32. The lowest BCUT2D eigenvalue weighted by atomic mass is 10.1. The molecule has 1 N–H and O–H groups in total. The molecule has 1 aliphatic rings. The SMILES string of the molecule is CC(O)(COC(=O)N1CCN(c2cccc(C(F)(F)F)c2)CC1)Cn1cc([N+](=O)[O-])nc1Cl. The molecule has 2 heterocycles. The molecular weight excluding hydrogens is 471 g/mol. The van der Waals surface area contributed by atoms with Crippen LogP contribution in [0.1, 0.15) is 12.5 Å². The van der Waals surface area contributed by atoms with Crippen LogP contribution >= 0.6 is 11.6 Å². The third-order valence-electron chi connectivity index (χ3n) is 5.00. The molecule has 1 aromatic carbocycles. The molecule has 1 aliphatic heterocycles. The van der Waals surface area contributed by atoms with Crippen molar-refractivity contribution in [2.24, 2.45) is 0 Å². The Bertz CT molecular complexity index is 1020. The average Bonchev–Trinajstić information content (AvgIpc) is 3.11. The number of nitro groups is 1. The monoisotopic (exact) mass is 491 g/mol. The predicted octanol–water partition coefficient (Wildman–Crippen LogP) is 3.17. The maximum Gasteiger partial charge on any atom is 0.416 e. The van der Waals surface area contributed by atoms with Gasteiger partial charge in [-0.15, -0.1) is 0 Å². The topological polar surface area (TPSA) is 114 Å². The first kappa shape index (κ1) is 24.6. The van der Waals surface area contributed by atoms with Crippen LogP contribution in [0.3, 0.4) is 0 Å². The number of amides is 1. The molecule has 33 heavy (non-hydrogen) atoms. The first-order valence-corrected chi connectivity index (χ1v) is 10.2. The quantitative estimate of drug-likeness (QED) is 0.487. The number of hydrogen-bond donors (Lipinski definition) is 1. The van der Waals surface area contributed by atoms with E-state index in [-0.39, 0.29) is 24.9 Å². The van der Waals surface area contributed by atoms with Crippen LogP contribution in [0.15, 0.2) is 30.5 Å². The van der Waals surface area contributed by atoms with Crippen LogP contribution in [0.4, 0.5) is 29.5 Å². The van der Waals surface area contributed by atoms with Crippen LogP contribution in [0.5, 0.6) is 0 Å². The fourth-order valence-electron chi connectivity index (χ4n) is 3.33. The fourth-order valence-corrected chi connectivity index (χ4v) is 3.52. The standard InChI is InChI=1S/C19H21ClF3N5O5/c1-18(30,11-27-10-15(28(31)32)24-16(27)20)12-33-17(29)26-7-5-25(6-8-26)14-4-2-3-13(9-14)19(21,22)23/h2-4,9-10,30H,5-8,11-12H2,1H3. The summed E-state index contributed by atoms with van der Waals surface area (Å²) in [6.45, 7) is 1.80. The van der Waals surface area contributed by atoms with Gasteiger partial charge in [-0.3, -0.25) is 4.57 Å². The highest BCUT2D eigenvalue weighted by atomic mass is 35.5. The molecule has 1 amide bonds. The van der Waals surface area contributed by atoms with Crippen molar-refractivity contribution in [1.29, 1.82) is 0 Å². The minimum Gasteiger partial charge on any atom is -0.446 e. The van der Waals surface area contributed by atoms with E-state index in [1.807, 2.05) is 0 Å². The normalized spacial score (nSPS) is 16.4. The molecular formula is C19H21ClF3N5O5. The first-order chi connectivity index (χ1) is 15.4. The molecule has 1 atom stereocenters. The zero-order valence-electron chi connectivity index (χ0n) is 17.5. The molecule has 14 heteroatoms. The van der Waals surface area contributed by atoms with Gasteiger partial charge in [-0.25, -0.2) is 4.79 Å². The van der Waals surface area contributed by atoms with Crippen molar-refractivity contribution in [1.82, 2.24) is 14.5 Å². The van der Waals surface area contributed by atoms with Gasteiger partial charge in [-0.1, -0.05) is 6.07 Å². The van der Waals surface area contributed by atoms with E-state index in [2.05, 4.69) is 4.98 Å². The van der Waals surface area contributed by atoms with E-state index in [1.165, 1.54) is 22.5 Å². The summed E-state index contributed by atoms with van der Waals surface area (Å²) in [6, 6.07) is 4.98. The number of nitrogens with zero attached hydrogens (tertiary/aromatic N) is 5. The fraction of sp³-hybridized carbons (Fsp3) is 0.474. The van der Waals surface area contributed by atoms with Crippen LogP contribution in [0, 0.1) is 10.1 Å². The Hall–Kier alpha value is -3.06. The molecule has 0 radical (unpaired) electrons. The van der Waals surface area contributed by atoms with Gasteiger partial charge in [-0.2, -0.15) is 13.2 Å². The van der Waals surface area contributed by atoms with Crippen molar-refractivity contribution in [3.63, 3.8) is 0 Å². The van der Waals surface area contributed by atoms with Gasteiger partial charge in [0.2, 0.25) is 0 Å². The second-order valence-corrected chi connectivity index (χ2v) is 8.16. The molecule has 2 aromatic rings. The molecule has 10 nitrogen and oxygen atoms in total. The Labute approximate surface area is 191 Å². The minimum atomic E-state index is -4.44. The summed E-state index contributed by atoms with van der Waals surface area (Å²) >= 11 is 5.83. The summed E-state index contributed by atoms with van der Waals surface area (Å²) in [6.07, 6.45) is -4.07. The molecule has 0 spiro atoms. The number of aliphatic hydroxyl groups is 1. The summed E-state index contributed by atoms with van der Waals surface area (Å²) in [5.74, 6) is -0.480. The van der Waals surface area contributed by atoms with Crippen molar-refractivity contribution in [3.8, 4) is 0 Å². The Kier molecular flexibility index (Phi) is 7.03. The minimum absolute atomic E-state index is 0.195. The lowest BCUT2D eigenvalue weighted by Gasteiger charge is -2.36. The van der Waals surface area contributed by atoms with E-state index in [0.29, 0.717) is 18.8 Å². The molecule has 0 aliphatic carbocycles. The lowest BCUT2D eigenvalue weighted by molar-refractivity contribution is -0.389. The number of carbonyl (C=O) groups is 1. The number of halogens is 4. The maximum atomic E-state index is 12.9. The second kappa shape index (κ2) is 9.43. The molecule has 1 aromatic heterocycles. The zero-order chi connectivity index (χ0) is 24.4. The lowest BCUT2D eigenvalue weighted by Crippen LogP contribution is -2.50. The Morgan fingerprint density at radius 3 is 2.55 bits per heavy atom. The summed E-state index contributed by atoms with van der Waals surface area (Å²) in [5.41, 5.74) is -1.92. The van der Waals surface area contributed by atoms with Gasteiger partial charge in [0.05, 0.1) is 12.1 Å². The number of aromatic nitrogens is 2. The highest BCUT2D eigenvalue weighted by molar-refractivity contribution is 6.28. The molecule has 3 rings (SSSR count). The largest absolute Gasteiger partial charge is 0.446 e. The van der Waals surface area contributed by atoms with Crippen molar-refractivity contribution in [2.75, 3.05) is 37.7 Å². The number of benzene rings is 1. The smallest absolute Gasteiger partial charge is 0.416 e. The highest BCUT2D eigenvalue weighted by Crippen LogP contribution is 2.32. The van der Waals surface area contributed by atoms with E-state index in [1.54, 1.807) is 11.0 Å². The predicted molar refractivity (Wildman–Crippen MR) is 111 cm³/mol. The second-order valence-electron chi connectivity index (χ2n) is 7.83. The summed E-state index contributed by atoms with van der Waals surface area (Å²) in [7, 11) is 0. The summed E-state index contributed by atoms with van der Waals surface area (Å²) in [5, 5.41) is 21.1. The van der Waals surface area contributed by atoms with E-state index in [4.69, 9.17) is 16.3 Å². The summed E-state index contributed by atoms with van der Waals surface area (Å²) < 4.78 is 45.1. The number of ether oxygens (including phenoxy) is 1. The number of rotatable bonds is 6. The van der Waals surface area contributed by atoms with Gasteiger partial charge in [0, 0.05) is 31.9 Å². The van der Waals surface area contributed by atoms with Crippen LogP contribution in [-0.2, 0) is 17.5 Å². The third kappa shape index (κ3) is 6.26. The number of anilines is 1. The van der Waals surface area contributed by atoms with Crippen LogP contribution in [0.25, 0.3) is 0 Å². The average molecular weight is 492 g/mol. The number of alkyl halides is 3. The Balaban J connectivity index is 1.51. The van der Waals surface area contributed by atoms with Gasteiger partial charge in [0.25, 0.3) is 0 Å². The van der Waals surface area contributed by atoms with E-state index in [0.717, 1.165) is 18.3 Å². The van der Waals surface area contributed by atoms with Crippen LogP contribution in [-0.4, -0.2) is 69.0 Å². The van der Waals surface area contributed by atoms with E-state index >= 15 is 0 Å². The number of imidazole rings is 1. The number of piperazine rings is 1. The van der Waals surface area contributed by atoms with Crippen LogP contribution in [0.2, 0.25) is 5.28 Å². The molecule has 1 saturated heterocycles. The van der Waals surface area contributed by atoms with Gasteiger partial charge in [-0.05, 0) is 46.6 Å². The van der Waals surface area contributed by atoms with Crippen molar-refractivity contribution in [3.05, 3.63) is 51.4 Å². The zero-order valence-corrected chi connectivity index (χ0v) is 18.2. The first-order valence-electron chi connectivity index (χ1n) is 9.79. The van der Waals surface area contributed by atoms with Gasteiger partial charge in [0.15, 0.2) is 0 Å². The molecule has 0 bridgehead atoms. The van der Waals surface area contributed by atoms with Gasteiger partial charge >= 0.3 is 23.4 Å². The summed E-state index contributed by atoms with van der Waals surface area (Å²) in [4.78, 5) is 29.1. The van der Waals surface area contributed by atoms with E-state index < -0.39 is 40.8 Å². The Morgan fingerprint density at radius 2 is 1.97 bits per heavy atom. The van der Waals surface area contributed by atoms with Gasteiger partial charge in [0.1, 0.15) is 18.4 Å². The number of hydrogen-bond acceptors (Lipinski definition) is 7. The maximum absolute atomic E-state index is 12.9. The molecule has 0 saturated carbocycles. The van der Waals surface area contributed by atoms with Crippen LogP contribution < -0.4 is 4.90 Å². The van der Waals surface area contributed by atoms with Gasteiger partial charge < -0.3 is 29.8 Å². The molecule has 180 valence electrons.